The van der Waals surface area contributed by atoms with Gasteiger partial charge in [-0.05, 0) is 56.2 Å². The summed E-state index contributed by atoms with van der Waals surface area (Å²) in [5, 5.41) is 2.89. The summed E-state index contributed by atoms with van der Waals surface area (Å²) in [6, 6.07) is 6.88. The fraction of sp³-hybridized carbons (Fsp3) is 0.375. The van der Waals surface area contributed by atoms with Crippen LogP contribution in [0.1, 0.15) is 30.0 Å². The van der Waals surface area contributed by atoms with E-state index < -0.39 is 23.3 Å². The normalized spacial score (nSPS) is 12.2. The van der Waals surface area contributed by atoms with E-state index >= 15 is 0 Å². The Morgan fingerprint density at radius 2 is 1.64 bits per heavy atom. The molecule has 0 fully saturated rings. The second kappa shape index (κ2) is 12.1. The van der Waals surface area contributed by atoms with Crippen molar-refractivity contribution in [2.75, 3.05) is 26.9 Å². The smallest absolute Gasteiger partial charge is 0.437 e. The molecule has 0 bridgehead atoms. The van der Waals surface area contributed by atoms with Gasteiger partial charge in [0.2, 0.25) is 0 Å². The standard InChI is InChI=1S/C24H27F4NO4/c1-5-6-10-32-19-13-16(2)22(17(3)14-19)33-12-7-11-31-18-8-9-20(21(25)15-18)23(29-30-4)24(26,27)28/h5-6,8-9,13-15H,7,10-12H2,1-4H3/b6-5+,29-23-. The van der Waals surface area contributed by atoms with Crippen LogP contribution in [0.5, 0.6) is 17.2 Å². The van der Waals surface area contributed by atoms with Crippen LogP contribution in [0, 0.1) is 19.7 Å². The van der Waals surface area contributed by atoms with Crippen LogP contribution in [0.2, 0.25) is 0 Å². The van der Waals surface area contributed by atoms with Crippen molar-refractivity contribution in [1.29, 1.82) is 0 Å². The maximum Gasteiger partial charge on any atom is 0.437 e. The Balaban J connectivity index is 1.89. The number of oxime groups is 1. The molecule has 0 aliphatic heterocycles. The fourth-order valence-electron chi connectivity index (χ4n) is 3.01. The predicted molar refractivity (Wildman–Crippen MR) is 118 cm³/mol. The van der Waals surface area contributed by atoms with Crippen molar-refractivity contribution in [3.63, 3.8) is 0 Å². The zero-order chi connectivity index (χ0) is 24.4. The number of alkyl halides is 3. The van der Waals surface area contributed by atoms with Crippen LogP contribution in [-0.4, -0.2) is 38.8 Å². The number of hydrogen-bond acceptors (Lipinski definition) is 5. The van der Waals surface area contributed by atoms with Crippen molar-refractivity contribution in [2.24, 2.45) is 5.16 Å². The molecule has 5 nitrogen and oxygen atoms in total. The number of benzene rings is 2. The Hall–Kier alpha value is -3.23. The van der Waals surface area contributed by atoms with Gasteiger partial charge in [0.15, 0.2) is 5.71 Å². The van der Waals surface area contributed by atoms with Crippen molar-refractivity contribution in [1.82, 2.24) is 0 Å². The molecule has 180 valence electrons. The van der Waals surface area contributed by atoms with E-state index in [1.807, 2.05) is 45.1 Å². The minimum atomic E-state index is -4.86. The van der Waals surface area contributed by atoms with E-state index in [4.69, 9.17) is 14.2 Å². The molecule has 0 aromatic heterocycles. The zero-order valence-corrected chi connectivity index (χ0v) is 19.0. The molecule has 2 aromatic rings. The van der Waals surface area contributed by atoms with E-state index in [-0.39, 0.29) is 12.4 Å². The molecule has 0 heterocycles. The molecule has 0 N–H and O–H groups in total. The first-order valence-electron chi connectivity index (χ1n) is 10.3. The predicted octanol–water partition coefficient (Wildman–Crippen LogP) is 6.16. The van der Waals surface area contributed by atoms with Gasteiger partial charge in [-0.3, -0.25) is 0 Å². The van der Waals surface area contributed by atoms with Gasteiger partial charge >= 0.3 is 6.18 Å². The van der Waals surface area contributed by atoms with Gasteiger partial charge in [-0.25, -0.2) is 4.39 Å². The topological polar surface area (TPSA) is 49.3 Å². The van der Waals surface area contributed by atoms with Gasteiger partial charge < -0.3 is 19.0 Å². The molecule has 0 aliphatic carbocycles. The summed E-state index contributed by atoms with van der Waals surface area (Å²) in [4.78, 5) is 4.19. The first kappa shape index (κ1) is 26.0. The first-order chi connectivity index (χ1) is 15.7. The molecule has 0 atom stereocenters. The molecule has 0 spiro atoms. The number of ether oxygens (including phenoxy) is 3. The summed E-state index contributed by atoms with van der Waals surface area (Å²) >= 11 is 0. The van der Waals surface area contributed by atoms with Crippen molar-refractivity contribution in [2.45, 2.75) is 33.4 Å². The lowest BCUT2D eigenvalue weighted by molar-refractivity contribution is -0.0609. The van der Waals surface area contributed by atoms with Crippen LogP contribution in [0.4, 0.5) is 17.6 Å². The van der Waals surface area contributed by atoms with Gasteiger partial charge in [-0.2, -0.15) is 13.2 Å². The number of aryl methyl sites for hydroxylation is 2. The lowest BCUT2D eigenvalue weighted by Gasteiger charge is -2.15. The molecule has 2 rings (SSSR count). The third kappa shape index (κ3) is 7.69. The van der Waals surface area contributed by atoms with E-state index in [1.54, 1.807) is 0 Å². The SMILES string of the molecule is C/C=C/COc1cc(C)c(OCCCOc2ccc(/C(=N/OC)C(F)(F)F)c(F)c2)c(C)c1. The van der Waals surface area contributed by atoms with E-state index in [0.717, 1.165) is 41.9 Å². The Morgan fingerprint density at radius 1 is 0.970 bits per heavy atom. The van der Waals surface area contributed by atoms with Crippen LogP contribution in [0.3, 0.4) is 0 Å². The highest BCUT2D eigenvalue weighted by atomic mass is 19.4. The second-order valence-electron chi connectivity index (χ2n) is 7.08. The van der Waals surface area contributed by atoms with Gasteiger partial charge in [0.1, 0.15) is 36.8 Å². The summed E-state index contributed by atoms with van der Waals surface area (Å²) in [5.74, 6) is 0.499. The molecular weight excluding hydrogens is 442 g/mol. The number of halogens is 4. The van der Waals surface area contributed by atoms with E-state index in [9.17, 15) is 17.6 Å². The first-order valence-corrected chi connectivity index (χ1v) is 10.3. The van der Waals surface area contributed by atoms with Crippen molar-refractivity contribution < 1.29 is 36.6 Å². The quantitative estimate of drug-likeness (QED) is 0.130. The van der Waals surface area contributed by atoms with E-state index in [2.05, 4.69) is 9.99 Å². The molecule has 0 saturated carbocycles. The molecular formula is C24H27F4NO4. The fourth-order valence-corrected chi connectivity index (χ4v) is 3.01. The summed E-state index contributed by atoms with van der Waals surface area (Å²) < 4.78 is 70.2. The summed E-state index contributed by atoms with van der Waals surface area (Å²) in [5.41, 5.74) is -0.306. The van der Waals surface area contributed by atoms with Crippen molar-refractivity contribution in [3.8, 4) is 17.2 Å². The third-order valence-electron chi connectivity index (χ3n) is 4.47. The monoisotopic (exact) mass is 469 g/mol. The van der Waals surface area contributed by atoms with Gasteiger partial charge in [0, 0.05) is 18.1 Å². The van der Waals surface area contributed by atoms with Crippen molar-refractivity contribution >= 4 is 5.71 Å². The Bertz CT molecular complexity index is 964. The Labute approximate surface area is 190 Å². The zero-order valence-electron chi connectivity index (χ0n) is 19.0. The molecule has 0 aliphatic rings. The second-order valence-corrected chi connectivity index (χ2v) is 7.08. The summed E-state index contributed by atoms with van der Waals surface area (Å²) in [7, 11) is 0.958. The molecule has 9 heteroatoms. The number of rotatable bonds is 11. The van der Waals surface area contributed by atoms with E-state index in [0.29, 0.717) is 19.6 Å². The van der Waals surface area contributed by atoms with Crippen LogP contribution in [-0.2, 0) is 4.84 Å². The van der Waals surface area contributed by atoms with Gasteiger partial charge in [0.25, 0.3) is 0 Å². The average molecular weight is 469 g/mol. The average Bonchev–Trinajstić information content (AvgIpc) is 2.73. The highest BCUT2D eigenvalue weighted by Crippen LogP contribution is 2.29. The summed E-state index contributed by atoms with van der Waals surface area (Å²) in [6.45, 7) is 6.81. The largest absolute Gasteiger partial charge is 0.493 e. The number of allylic oxidation sites excluding steroid dienone is 1. The molecule has 0 unspecified atom stereocenters. The van der Waals surface area contributed by atoms with Gasteiger partial charge in [0.05, 0.1) is 13.2 Å². The maximum absolute atomic E-state index is 14.2. The van der Waals surface area contributed by atoms with Crippen LogP contribution >= 0.6 is 0 Å². The molecule has 0 saturated heterocycles. The highest BCUT2D eigenvalue weighted by molar-refractivity contribution is 6.04. The van der Waals surface area contributed by atoms with E-state index in [1.165, 1.54) is 6.07 Å². The summed E-state index contributed by atoms with van der Waals surface area (Å²) in [6.07, 6.45) is -0.543. The van der Waals surface area contributed by atoms with Crippen molar-refractivity contribution in [3.05, 3.63) is 65.0 Å². The van der Waals surface area contributed by atoms with Gasteiger partial charge in [-0.1, -0.05) is 17.3 Å². The van der Waals surface area contributed by atoms with Gasteiger partial charge in [-0.15, -0.1) is 0 Å². The molecule has 2 aromatic carbocycles. The number of nitrogens with zero attached hydrogens (tertiary/aromatic N) is 1. The van der Waals surface area contributed by atoms with Crippen LogP contribution in [0.25, 0.3) is 0 Å². The molecule has 0 radical (unpaired) electrons. The minimum Gasteiger partial charge on any atom is -0.493 e. The highest BCUT2D eigenvalue weighted by Gasteiger charge is 2.39. The Kier molecular flexibility index (Phi) is 9.57. The lowest BCUT2D eigenvalue weighted by Crippen LogP contribution is -2.25. The third-order valence-corrected chi connectivity index (χ3v) is 4.47. The minimum absolute atomic E-state index is 0.102. The number of hydrogen-bond donors (Lipinski definition) is 0. The Morgan fingerprint density at radius 3 is 2.21 bits per heavy atom. The molecule has 33 heavy (non-hydrogen) atoms. The maximum atomic E-state index is 14.2. The molecule has 0 amide bonds. The van der Waals surface area contributed by atoms with Crippen LogP contribution in [0.15, 0.2) is 47.6 Å². The lowest BCUT2D eigenvalue weighted by atomic mass is 10.1. The van der Waals surface area contributed by atoms with Crippen LogP contribution < -0.4 is 14.2 Å².